The van der Waals surface area contributed by atoms with Gasteiger partial charge in [-0.2, -0.15) is 0 Å². The molecule has 146 valence electrons. The molecule has 0 radical (unpaired) electrons. The van der Waals surface area contributed by atoms with Crippen molar-refractivity contribution < 1.29 is 9.47 Å². The van der Waals surface area contributed by atoms with Crippen LogP contribution >= 0.6 is 0 Å². The normalized spacial score (nSPS) is 17.5. The minimum atomic E-state index is 0.311. The van der Waals surface area contributed by atoms with Crippen LogP contribution < -0.4 is 10.6 Å². The van der Waals surface area contributed by atoms with Crippen LogP contribution in [0.1, 0.15) is 41.5 Å². The molecular weight excluding hydrogens is 326 g/mol. The zero-order valence-electron chi connectivity index (χ0n) is 16.9. The Hall–Kier alpha value is -1.59. The molecule has 1 aromatic carbocycles. The molecule has 1 unspecified atom stereocenters. The van der Waals surface area contributed by atoms with Crippen LogP contribution in [0.15, 0.2) is 17.1 Å². The van der Waals surface area contributed by atoms with Crippen LogP contribution in [0.3, 0.4) is 0 Å². The average Bonchev–Trinajstić information content (AvgIpc) is 3.11. The Balaban J connectivity index is 1.59. The van der Waals surface area contributed by atoms with E-state index in [1.165, 1.54) is 28.7 Å². The van der Waals surface area contributed by atoms with Gasteiger partial charge in [0.05, 0.1) is 12.7 Å². The predicted octanol–water partition coefficient (Wildman–Crippen LogP) is 2.91. The average molecular weight is 362 g/mol. The first-order chi connectivity index (χ1) is 12.6. The third-order valence-electron chi connectivity index (χ3n) is 4.82. The molecule has 0 saturated carbocycles. The van der Waals surface area contributed by atoms with Crippen LogP contribution in [0.5, 0.6) is 0 Å². The minimum Gasteiger partial charge on any atom is -0.379 e. The van der Waals surface area contributed by atoms with E-state index in [9.17, 15) is 0 Å². The van der Waals surface area contributed by atoms with E-state index in [1.807, 2.05) is 7.05 Å². The van der Waals surface area contributed by atoms with Crippen molar-refractivity contribution in [3.63, 3.8) is 0 Å². The summed E-state index contributed by atoms with van der Waals surface area (Å²) in [5.41, 5.74) is 5.50. The Kier molecular flexibility index (Phi) is 8.92. The molecule has 2 rings (SSSR count). The van der Waals surface area contributed by atoms with Crippen LogP contribution in [0.25, 0.3) is 0 Å². The fourth-order valence-corrected chi connectivity index (χ4v) is 3.50. The molecule has 26 heavy (non-hydrogen) atoms. The second-order valence-electron chi connectivity index (χ2n) is 7.12. The lowest BCUT2D eigenvalue weighted by molar-refractivity contribution is 0.0168. The summed E-state index contributed by atoms with van der Waals surface area (Å²) in [5.74, 6) is 0.853. The van der Waals surface area contributed by atoms with Gasteiger partial charge < -0.3 is 20.1 Å². The Bertz CT molecular complexity index is 558. The molecule has 1 aliphatic heterocycles. The van der Waals surface area contributed by atoms with Gasteiger partial charge in [-0.1, -0.05) is 17.7 Å². The predicted molar refractivity (Wildman–Crippen MR) is 108 cm³/mol. The number of nitrogens with zero attached hydrogens (tertiary/aromatic N) is 1. The lowest BCUT2D eigenvalue weighted by atomic mass is 9.97. The third kappa shape index (κ3) is 6.96. The molecule has 0 spiro atoms. The summed E-state index contributed by atoms with van der Waals surface area (Å²) in [6.45, 7) is 10.6. The van der Waals surface area contributed by atoms with Gasteiger partial charge >= 0.3 is 0 Å². The first-order valence-electron chi connectivity index (χ1n) is 9.80. The van der Waals surface area contributed by atoms with Gasteiger partial charge in [-0.3, -0.25) is 4.99 Å². The van der Waals surface area contributed by atoms with Crippen LogP contribution in [0, 0.1) is 20.8 Å². The van der Waals surface area contributed by atoms with E-state index >= 15 is 0 Å². The van der Waals surface area contributed by atoms with Gasteiger partial charge in [-0.05, 0) is 63.1 Å². The fraction of sp³-hybridized carbons (Fsp3) is 0.667. The molecule has 1 heterocycles. The maximum absolute atomic E-state index is 5.68. The lowest BCUT2D eigenvalue weighted by Crippen LogP contribution is -2.39. The summed E-state index contributed by atoms with van der Waals surface area (Å²) in [6, 6.07) is 4.51. The molecule has 2 N–H and O–H groups in total. The lowest BCUT2D eigenvalue weighted by Gasteiger charge is -2.15. The summed E-state index contributed by atoms with van der Waals surface area (Å²) < 4.78 is 11.2. The van der Waals surface area contributed by atoms with Crippen molar-refractivity contribution in [3.8, 4) is 0 Å². The minimum absolute atomic E-state index is 0.311. The van der Waals surface area contributed by atoms with Crippen LogP contribution in [0.4, 0.5) is 0 Å². The molecule has 0 aromatic heterocycles. The number of guanidine groups is 1. The van der Waals surface area contributed by atoms with Gasteiger partial charge in [0.1, 0.15) is 0 Å². The van der Waals surface area contributed by atoms with E-state index in [4.69, 9.17) is 9.47 Å². The van der Waals surface area contributed by atoms with Crippen molar-refractivity contribution in [3.05, 3.63) is 34.4 Å². The molecule has 5 heteroatoms. The molecule has 0 aliphatic carbocycles. The van der Waals surface area contributed by atoms with Gasteiger partial charge in [0, 0.05) is 33.4 Å². The van der Waals surface area contributed by atoms with Gasteiger partial charge in [0.2, 0.25) is 0 Å². The molecule has 0 bridgehead atoms. The van der Waals surface area contributed by atoms with Gasteiger partial charge in [0.25, 0.3) is 0 Å². The number of benzene rings is 1. The smallest absolute Gasteiger partial charge is 0.190 e. The maximum atomic E-state index is 5.68. The van der Waals surface area contributed by atoms with Gasteiger partial charge in [-0.25, -0.2) is 0 Å². The largest absolute Gasteiger partial charge is 0.379 e. The highest BCUT2D eigenvalue weighted by atomic mass is 16.5. The van der Waals surface area contributed by atoms with E-state index in [-0.39, 0.29) is 0 Å². The number of rotatable bonds is 9. The summed E-state index contributed by atoms with van der Waals surface area (Å²) in [5, 5.41) is 6.75. The highest BCUT2D eigenvalue weighted by molar-refractivity contribution is 5.79. The third-order valence-corrected chi connectivity index (χ3v) is 4.82. The quantitative estimate of drug-likeness (QED) is 0.403. The molecule has 0 amide bonds. The molecule has 1 saturated heterocycles. The van der Waals surface area contributed by atoms with Crippen molar-refractivity contribution >= 4 is 5.96 Å². The second kappa shape index (κ2) is 11.2. The van der Waals surface area contributed by atoms with Gasteiger partial charge in [0.15, 0.2) is 5.96 Å². The summed E-state index contributed by atoms with van der Waals surface area (Å²) in [7, 11) is 1.81. The van der Waals surface area contributed by atoms with Crippen molar-refractivity contribution in [1.82, 2.24) is 10.6 Å². The number of aryl methyl sites for hydroxylation is 3. The van der Waals surface area contributed by atoms with E-state index in [0.29, 0.717) is 6.10 Å². The van der Waals surface area contributed by atoms with Crippen molar-refractivity contribution in [2.24, 2.45) is 4.99 Å². The molecule has 1 aromatic rings. The van der Waals surface area contributed by atoms with Crippen LogP contribution in [-0.2, 0) is 15.9 Å². The maximum Gasteiger partial charge on any atom is 0.190 e. The van der Waals surface area contributed by atoms with Crippen LogP contribution in [0.2, 0.25) is 0 Å². The zero-order chi connectivity index (χ0) is 18.8. The SMILES string of the molecule is CN=C(NCCCOCC1CCCO1)NCCc1c(C)cc(C)cc1C. The Morgan fingerprint density at radius 3 is 2.58 bits per heavy atom. The van der Waals surface area contributed by atoms with Crippen LogP contribution in [-0.4, -0.2) is 52.0 Å². The highest BCUT2D eigenvalue weighted by Gasteiger charge is 2.14. The molecule has 1 aliphatic rings. The number of nitrogens with one attached hydrogen (secondary N) is 2. The molecule has 1 fully saturated rings. The van der Waals surface area contributed by atoms with Gasteiger partial charge in [-0.15, -0.1) is 0 Å². The number of hydrogen-bond acceptors (Lipinski definition) is 3. The first kappa shape index (κ1) is 20.7. The van der Waals surface area contributed by atoms with Crippen molar-refractivity contribution in [2.75, 3.05) is 40.0 Å². The van der Waals surface area contributed by atoms with Crippen molar-refractivity contribution in [1.29, 1.82) is 0 Å². The number of hydrogen-bond donors (Lipinski definition) is 2. The Labute approximate surface area is 158 Å². The summed E-state index contributed by atoms with van der Waals surface area (Å²) >= 11 is 0. The zero-order valence-corrected chi connectivity index (χ0v) is 16.9. The second-order valence-corrected chi connectivity index (χ2v) is 7.12. The topological polar surface area (TPSA) is 54.9 Å². The summed E-state index contributed by atoms with van der Waals surface area (Å²) in [6.07, 6.45) is 4.58. The highest BCUT2D eigenvalue weighted by Crippen LogP contribution is 2.16. The monoisotopic (exact) mass is 361 g/mol. The van der Waals surface area contributed by atoms with E-state index < -0.39 is 0 Å². The Morgan fingerprint density at radius 2 is 1.92 bits per heavy atom. The standard InChI is InChI=1S/C21H35N3O2/c1-16-13-17(2)20(18(3)14-16)8-10-24-21(22-4)23-9-6-11-25-15-19-7-5-12-26-19/h13-14,19H,5-12,15H2,1-4H3,(H2,22,23,24). The number of ether oxygens (including phenoxy) is 2. The van der Waals surface area contributed by atoms with E-state index in [2.05, 4.69) is 48.5 Å². The van der Waals surface area contributed by atoms with E-state index in [1.54, 1.807) is 0 Å². The summed E-state index contributed by atoms with van der Waals surface area (Å²) in [4.78, 5) is 4.29. The van der Waals surface area contributed by atoms with E-state index in [0.717, 1.165) is 58.1 Å². The number of aliphatic imine (C=N–C) groups is 1. The molecule has 1 atom stereocenters. The van der Waals surface area contributed by atoms with Crippen molar-refractivity contribution in [2.45, 2.75) is 52.6 Å². The molecule has 5 nitrogen and oxygen atoms in total. The first-order valence-corrected chi connectivity index (χ1v) is 9.80. The fourth-order valence-electron chi connectivity index (χ4n) is 3.50. The Morgan fingerprint density at radius 1 is 1.19 bits per heavy atom. The molecular formula is C21H35N3O2.